The van der Waals surface area contributed by atoms with Gasteiger partial charge in [0, 0.05) is 16.7 Å². The van der Waals surface area contributed by atoms with Crippen molar-refractivity contribution in [3.8, 4) is 0 Å². The molecular weight excluding hydrogens is 184 g/mol. The lowest BCUT2D eigenvalue weighted by Gasteiger charge is -2.16. The first-order chi connectivity index (χ1) is 7.34. The molecule has 0 radical (unpaired) electrons. The highest BCUT2D eigenvalue weighted by molar-refractivity contribution is 6.02. The molecule has 1 aromatic carbocycles. The van der Waals surface area contributed by atoms with Crippen molar-refractivity contribution in [2.24, 2.45) is 0 Å². The molecule has 0 saturated heterocycles. The zero-order valence-electron chi connectivity index (χ0n) is 8.46. The monoisotopic (exact) mass is 196 g/mol. The van der Waals surface area contributed by atoms with Crippen molar-refractivity contribution in [2.45, 2.75) is 19.3 Å². The zero-order chi connectivity index (χ0) is 10.3. The molecule has 15 heavy (non-hydrogen) atoms. The van der Waals surface area contributed by atoms with Gasteiger partial charge in [-0.1, -0.05) is 18.2 Å². The fourth-order valence-electron chi connectivity index (χ4n) is 2.17. The lowest BCUT2D eigenvalue weighted by molar-refractivity contribution is 0.811. The average molecular weight is 196 g/mol. The Hall–Kier alpha value is -1.70. The predicted octanol–water partition coefficient (Wildman–Crippen LogP) is 2.94. The van der Waals surface area contributed by atoms with Crippen molar-refractivity contribution in [1.82, 2.24) is 4.98 Å². The van der Waals surface area contributed by atoms with Gasteiger partial charge in [0.15, 0.2) is 0 Å². The van der Waals surface area contributed by atoms with Crippen LogP contribution in [0.4, 0.5) is 0 Å². The Morgan fingerprint density at radius 3 is 2.93 bits per heavy atom. The van der Waals surface area contributed by atoms with Gasteiger partial charge in [-0.05, 0) is 31.4 Å². The largest absolute Gasteiger partial charge is 0.305 e. The summed E-state index contributed by atoms with van der Waals surface area (Å²) in [5, 5.41) is 9.05. The summed E-state index contributed by atoms with van der Waals surface area (Å²) in [4.78, 5) is 4.63. The minimum atomic E-state index is 0.745. The van der Waals surface area contributed by atoms with E-state index >= 15 is 0 Å². The number of benzene rings is 1. The summed E-state index contributed by atoms with van der Waals surface area (Å²) >= 11 is 0. The molecule has 0 amide bonds. The normalized spacial score (nSPS) is 15.3. The van der Waals surface area contributed by atoms with Crippen LogP contribution in [0.5, 0.6) is 0 Å². The Morgan fingerprint density at radius 2 is 2.00 bits per heavy atom. The molecule has 1 heterocycles. The Bertz CT molecular complexity index is 543. The van der Waals surface area contributed by atoms with Crippen LogP contribution < -0.4 is 0 Å². The molecule has 0 aliphatic heterocycles. The van der Waals surface area contributed by atoms with Gasteiger partial charge < -0.3 is 5.41 Å². The van der Waals surface area contributed by atoms with Gasteiger partial charge in [-0.2, -0.15) is 0 Å². The Kier molecular flexibility index (Phi) is 1.81. The molecule has 3 rings (SSSR count). The van der Waals surface area contributed by atoms with Gasteiger partial charge in [0.05, 0.1) is 11.2 Å². The number of hydrogen-bond donors (Lipinski definition) is 1. The van der Waals surface area contributed by atoms with E-state index < -0.39 is 0 Å². The van der Waals surface area contributed by atoms with Crippen molar-refractivity contribution in [3.05, 3.63) is 41.6 Å². The van der Waals surface area contributed by atoms with E-state index in [0.29, 0.717) is 0 Å². The van der Waals surface area contributed by atoms with Gasteiger partial charge in [0.1, 0.15) is 0 Å². The Balaban J connectivity index is 2.32. The van der Waals surface area contributed by atoms with Crippen LogP contribution in [-0.2, 0) is 6.42 Å². The molecule has 0 bridgehead atoms. The topological polar surface area (TPSA) is 36.7 Å². The summed E-state index contributed by atoms with van der Waals surface area (Å²) in [6, 6.07) is 10.2. The number of aromatic nitrogens is 1. The third kappa shape index (κ3) is 1.33. The van der Waals surface area contributed by atoms with Crippen LogP contribution >= 0.6 is 0 Å². The maximum atomic E-state index is 7.91. The molecule has 2 heteroatoms. The van der Waals surface area contributed by atoms with Crippen LogP contribution in [0, 0.1) is 5.41 Å². The number of nitrogens with zero attached hydrogens (tertiary/aromatic N) is 1. The maximum absolute atomic E-state index is 7.91. The highest BCUT2D eigenvalue weighted by Crippen LogP contribution is 2.23. The Morgan fingerprint density at radius 1 is 1.13 bits per heavy atom. The van der Waals surface area contributed by atoms with Crippen molar-refractivity contribution < 1.29 is 0 Å². The van der Waals surface area contributed by atoms with Crippen molar-refractivity contribution >= 4 is 16.6 Å². The average Bonchev–Trinajstić information content (AvgIpc) is 2.27. The summed E-state index contributed by atoms with van der Waals surface area (Å²) < 4.78 is 0. The SMILES string of the molecule is N=C1CCCc2nc3ccccc3cc21. The van der Waals surface area contributed by atoms with Crippen LogP contribution in [-0.4, -0.2) is 10.7 Å². The summed E-state index contributed by atoms with van der Waals surface area (Å²) in [5.74, 6) is 0. The van der Waals surface area contributed by atoms with Gasteiger partial charge in [-0.25, -0.2) is 0 Å². The lowest BCUT2D eigenvalue weighted by Crippen LogP contribution is -2.12. The summed E-state index contributed by atoms with van der Waals surface area (Å²) in [5.41, 5.74) is 3.95. The van der Waals surface area contributed by atoms with Gasteiger partial charge in [-0.15, -0.1) is 0 Å². The Labute approximate surface area is 88.5 Å². The van der Waals surface area contributed by atoms with E-state index in [-0.39, 0.29) is 0 Å². The summed E-state index contributed by atoms with van der Waals surface area (Å²) in [7, 11) is 0. The van der Waals surface area contributed by atoms with Gasteiger partial charge >= 0.3 is 0 Å². The molecule has 2 nitrogen and oxygen atoms in total. The van der Waals surface area contributed by atoms with Crippen LogP contribution in [0.15, 0.2) is 30.3 Å². The molecule has 0 spiro atoms. The van der Waals surface area contributed by atoms with Gasteiger partial charge in [0.2, 0.25) is 0 Å². The van der Waals surface area contributed by atoms with Crippen molar-refractivity contribution in [3.63, 3.8) is 0 Å². The van der Waals surface area contributed by atoms with E-state index in [4.69, 9.17) is 5.41 Å². The molecule has 0 saturated carbocycles. The van der Waals surface area contributed by atoms with Crippen LogP contribution in [0.2, 0.25) is 0 Å². The number of nitrogens with one attached hydrogen (secondary N) is 1. The number of rotatable bonds is 0. The molecule has 1 aliphatic carbocycles. The van der Waals surface area contributed by atoms with E-state index in [0.717, 1.165) is 47.1 Å². The summed E-state index contributed by atoms with van der Waals surface area (Å²) in [6.07, 6.45) is 2.98. The molecule has 74 valence electrons. The standard InChI is InChI=1S/C13H12N2/c14-11-5-3-7-13-10(11)8-9-4-1-2-6-12(9)15-13/h1-2,4,6,8,14H,3,5,7H2. The zero-order valence-corrected chi connectivity index (χ0v) is 8.46. The molecule has 0 atom stereocenters. The molecule has 0 unspecified atom stereocenters. The number of hydrogen-bond acceptors (Lipinski definition) is 2. The highest BCUT2D eigenvalue weighted by atomic mass is 14.7. The minimum absolute atomic E-state index is 0.745. The van der Waals surface area contributed by atoms with Gasteiger partial charge in [-0.3, -0.25) is 4.98 Å². The summed E-state index contributed by atoms with van der Waals surface area (Å²) in [6.45, 7) is 0. The lowest BCUT2D eigenvalue weighted by atomic mass is 9.93. The minimum Gasteiger partial charge on any atom is -0.305 e. The van der Waals surface area contributed by atoms with Crippen molar-refractivity contribution in [1.29, 1.82) is 5.41 Å². The third-order valence-electron chi connectivity index (χ3n) is 2.97. The number of aryl methyl sites for hydroxylation is 1. The molecular formula is C13H12N2. The molecule has 1 aromatic heterocycles. The number of pyridine rings is 1. The third-order valence-corrected chi connectivity index (χ3v) is 2.97. The maximum Gasteiger partial charge on any atom is 0.0705 e. The second kappa shape index (κ2) is 3.16. The number of fused-ring (bicyclic) bond motifs is 2. The predicted molar refractivity (Wildman–Crippen MR) is 61.5 cm³/mol. The van der Waals surface area contributed by atoms with E-state index in [1.165, 1.54) is 0 Å². The van der Waals surface area contributed by atoms with Crippen molar-refractivity contribution in [2.75, 3.05) is 0 Å². The first-order valence-electron chi connectivity index (χ1n) is 5.31. The van der Waals surface area contributed by atoms with Crippen LogP contribution in [0.1, 0.15) is 24.1 Å². The second-order valence-electron chi connectivity index (χ2n) is 4.01. The second-order valence-corrected chi connectivity index (χ2v) is 4.01. The first kappa shape index (κ1) is 8.60. The van der Waals surface area contributed by atoms with E-state index in [9.17, 15) is 0 Å². The highest BCUT2D eigenvalue weighted by Gasteiger charge is 2.15. The fraction of sp³-hybridized carbons (Fsp3) is 0.231. The molecule has 0 fully saturated rings. The molecule has 1 aliphatic rings. The number of para-hydroxylation sites is 1. The fourth-order valence-corrected chi connectivity index (χ4v) is 2.17. The smallest absolute Gasteiger partial charge is 0.0705 e. The van der Waals surface area contributed by atoms with E-state index in [1.807, 2.05) is 18.2 Å². The first-order valence-corrected chi connectivity index (χ1v) is 5.31. The van der Waals surface area contributed by atoms with E-state index in [2.05, 4.69) is 17.1 Å². The molecule has 2 aromatic rings. The van der Waals surface area contributed by atoms with E-state index in [1.54, 1.807) is 0 Å². The van der Waals surface area contributed by atoms with Crippen LogP contribution in [0.3, 0.4) is 0 Å². The van der Waals surface area contributed by atoms with Gasteiger partial charge in [0.25, 0.3) is 0 Å². The molecule has 1 N–H and O–H groups in total. The quantitative estimate of drug-likeness (QED) is 0.691. The van der Waals surface area contributed by atoms with Crippen LogP contribution in [0.25, 0.3) is 10.9 Å².